The molecular weight excluding hydrogens is 440 g/mol. The van der Waals surface area contributed by atoms with Gasteiger partial charge in [0, 0.05) is 18.7 Å². The second-order valence-electron chi connectivity index (χ2n) is 7.17. The molecule has 0 bridgehead atoms. The summed E-state index contributed by atoms with van der Waals surface area (Å²) >= 11 is 0. The van der Waals surface area contributed by atoms with Crippen LogP contribution in [0, 0.1) is 0 Å². The van der Waals surface area contributed by atoms with E-state index in [1.54, 1.807) is 12.1 Å². The Balaban J connectivity index is 0.00000363. The van der Waals surface area contributed by atoms with Gasteiger partial charge in [-0.05, 0) is 53.9 Å². The maximum atomic E-state index is 11.2. The van der Waals surface area contributed by atoms with E-state index in [0.29, 0.717) is 17.7 Å². The molecule has 0 saturated carbocycles. The lowest BCUT2D eigenvalue weighted by molar-refractivity contribution is 0.0989. The fraction of sp³-hybridized carbons (Fsp3) is 0.286. The maximum Gasteiger partial charge on any atom is 0.273 e. The third-order valence-electron chi connectivity index (χ3n) is 4.60. The van der Waals surface area contributed by atoms with Crippen molar-refractivity contribution in [1.29, 1.82) is 0 Å². The van der Waals surface area contributed by atoms with Gasteiger partial charge in [-0.1, -0.05) is 17.3 Å². The van der Waals surface area contributed by atoms with Crippen LogP contribution in [0.25, 0.3) is 0 Å². The van der Waals surface area contributed by atoms with Gasteiger partial charge in [0.05, 0.1) is 6.10 Å². The van der Waals surface area contributed by atoms with E-state index in [4.69, 9.17) is 10.5 Å². The lowest BCUT2D eigenvalue weighted by atomic mass is 10.1. The first-order valence-corrected chi connectivity index (χ1v) is 9.59. The number of carbonyl (C=O) groups is 1. The highest BCUT2D eigenvalue weighted by Crippen LogP contribution is 2.24. The van der Waals surface area contributed by atoms with Crippen molar-refractivity contribution in [1.82, 2.24) is 15.6 Å². The zero-order valence-electron chi connectivity index (χ0n) is 17.3. The Hall–Kier alpha value is -3.34. The highest BCUT2D eigenvalue weighted by Gasteiger charge is 2.16. The summed E-state index contributed by atoms with van der Waals surface area (Å²) in [5.41, 5.74) is 6.84. The Morgan fingerprint density at radius 2 is 1.81 bits per heavy atom. The number of aromatic nitrogens is 2. The minimum atomic E-state index is -0.868. The van der Waals surface area contributed by atoms with Crippen LogP contribution in [0.3, 0.4) is 0 Å². The van der Waals surface area contributed by atoms with E-state index >= 15 is 0 Å². The number of nitrogens with zero attached hydrogens (tertiary/aromatic N) is 2. The molecule has 1 aromatic heterocycles. The number of phenolic OH excluding ortho intramolecular Hbond substituents is 2. The number of halogens is 1. The Labute approximate surface area is 190 Å². The van der Waals surface area contributed by atoms with Gasteiger partial charge in [-0.2, -0.15) is 0 Å². The average molecular weight is 465 g/mol. The molecule has 0 aliphatic heterocycles. The number of aromatic hydroxyl groups is 2. The van der Waals surface area contributed by atoms with Crippen LogP contribution in [0.1, 0.15) is 40.3 Å². The fourth-order valence-electron chi connectivity index (χ4n) is 3.03. The maximum absolute atomic E-state index is 11.2. The largest absolute Gasteiger partial charge is 0.508 e. The van der Waals surface area contributed by atoms with Crippen molar-refractivity contribution < 1.29 is 29.5 Å². The SMILES string of the molecule is C[C@@H](Cc1ccc(OCc2nonc2C(N)=O)cc1)NC[C@H](O)c1cc(O)cc(O)c1.Cl. The van der Waals surface area contributed by atoms with E-state index in [-0.39, 0.29) is 54.5 Å². The smallest absolute Gasteiger partial charge is 0.273 e. The molecule has 0 saturated heterocycles. The number of nitrogens with one attached hydrogen (secondary N) is 1. The molecule has 6 N–H and O–H groups in total. The number of hydrogen-bond acceptors (Lipinski definition) is 9. The van der Waals surface area contributed by atoms with E-state index in [1.807, 2.05) is 19.1 Å². The number of aliphatic hydroxyl groups excluding tert-OH is 1. The van der Waals surface area contributed by atoms with E-state index in [2.05, 4.69) is 20.3 Å². The summed E-state index contributed by atoms with van der Waals surface area (Å²) in [4.78, 5) is 11.2. The number of nitrogens with two attached hydrogens (primary N) is 1. The molecule has 32 heavy (non-hydrogen) atoms. The molecule has 0 spiro atoms. The molecule has 0 aliphatic carbocycles. The number of primary amides is 1. The molecule has 10 nitrogen and oxygen atoms in total. The second-order valence-corrected chi connectivity index (χ2v) is 7.17. The summed E-state index contributed by atoms with van der Waals surface area (Å²) in [6, 6.07) is 11.5. The van der Waals surface area contributed by atoms with Crippen molar-refractivity contribution >= 4 is 18.3 Å². The Bertz CT molecular complexity index is 1010. The summed E-state index contributed by atoms with van der Waals surface area (Å²) in [6.45, 7) is 2.25. The molecular formula is C21H25ClN4O6. The minimum Gasteiger partial charge on any atom is -0.508 e. The van der Waals surface area contributed by atoms with Gasteiger partial charge in [0.1, 0.15) is 23.9 Å². The van der Waals surface area contributed by atoms with Crippen LogP contribution in [0.5, 0.6) is 17.2 Å². The topological polar surface area (TPSA) is 164 Å². The van der Waals surface area contributed by atoms with Crippen LogP contribution in [0.15, 0.2) is 47.1 Å². The first kappa shape index (κ1) is 24.9. The molecule has 0 aliphatic rings. The Kier molecular flexibility index (Phi) is 8.82. The van der Waals surface area contributed by atoms with Gasteiger partial charge in [-0.15, -0.1) is 12.4 Å². The molecule has 0 fully saturated rings. The van der Waals surface area contributed by atoms with Crippen LogP contribution >= 0.6 is 12.4 Å². The number of aliphatic hydroxyl groups is 1. The second kappa shape index (κ2) is 11.3. The van der Waals surface area contributed by atoms with Gasteiger partial charge in [0.15, 0.2) is 11.4 Å². The van der Waals surface area contributed by atoms with Gasteiger partial charge in [0.25, 0.3) is 5.91 Å². The predicted octanol–water partition coefficient (Wildman–Crippen LogP) is 1.83. The zero-order valence-corrected chi connectivity index (χ0v) is 18.1. The van der Waals surface area contributed by atoms with Crippen LogP contribution in [0.4, 0.5) is 0 Å². The third kappa shape index (κ3) is 6.84. The molecule has 0 unspecified atom stereocenters. The van der Waals surface area contributed by atoms with Crippen molar-refractivity contribution in [2.24, 2.45) is 5.73 Å². The molecule has 1 heterocycles. The number of hydrogen-bond donors (Lipinski definition) is 5. The van der Waals surface area contributed by atoms with Crippen LogP contribution in [-0.4, -0.2) is 44.1 Å². The summed E-state index contributed by atoms with van der Waals surface area (Å²) in [5, 5.41) is 39.6. The Morgan fingerprint density at radius 1 is 1.16 bits per heavy atom. The average Bonchev–Trinajstić information content (AvgIpc) is 3.20. The van der Waals surface area contributed by atoms with Crippen LogP contribution in [-0.2, 0) is 13.0 Å². The predicted molar refractivity (Wildman–Crippen MR) is 117 cm³/mol. The monoisotopic (exact) mass is 464 g/mol. The van der Waals surface area contributed by atoms with Crippen molar-refractivity contribution in [3.05, 3.63) is 65.0 Å². The lowest BCUT2D eigenvalue weighted by Gasteiger charge is -2.18. The Morgan fingerprint density at radius 3 is 2.44 bits per heavy atom. The number of phenols is 2. The van der Waals surface area contributed by atoms with Gasteiger partial charge in [0.2, 0.25) is 0 Å². The number of benzene rings is 2. The minimum absolute atomic E-state index is 0. The quantitative estimate of drug-likeness (QED) is 0.301. The van der Waals surface area contributed by atoms with E-state index in [0.717, 1.165) is 5.56 Å². The molecule has 0 radical (unpaired) electrons. The number of amides is 1. The summed E-state index contributed by atoms with van der Waals surface area (Å²) < 4.78 is 10.1. The molecule has 2 aromatic carbocycles. The van der Waals surface area contributed by atoms with Gasteiger partial charge in [-0.3, -0.25) is 4.79 Å². The normalized spacial score (nSPS) is 12.6. The van der Waals surface area contributed by atoms with E-state index < -0.39 is 12.0 Å². The molecule has 3 rings (SSSR count). The molecule has 172 valence electrons. The van der Waals surface area contributed by atoms with E-state index in [1.165, 1.54) is 18.2 Å². The fourth-order valence-corrected chi connectivity index (χ4v) is 3.03. The summed E-state index contributed by atoms with van der Waals surface area (Å²) in [7, 11) is 0. The molecule has 3 aromatic rings. The summed E-state index contributed by atoms with van der Waals surface area (Å²) in [5.74, 6) is -0.352. The van der Waals surface area contributed by atoms with Crippen molar-refractivity contribution in [2.75, 3.05) is 6.54 Å². The van der Waals surface area contributed by atoms with Gasteiger partial charge in [-0.25, -0.2) is 4.63 Å². The van der Waals surface area contributed by atoms with Crippen molar-refractivity contribution in [3.8, 4) is 17.2 Å². The molecule has 1 amide bonds. The van der Waals surface area contributed by atoms with Crippen LogP contribution < -0.4 is 15.8 Å². The first-order chi connectivity index (χ1) is 14.8. The van der Waals surface area contributed by atoms with Gasteiger partial charge < -0.3 is 31.1 Å². The highest BCUT2D eigenvalue weighted by atomic mass is 35.5. The highest BCUT2D eigenvalue weighted by molar-refractivity contribution is 5.91. The standard InChI is InChI=1S/C21H24N4O6.ClH/c1-12(23-10-19(28)14-7-15(26)9-16(27)8-14)6-13-2-4-17(5-3-13)30-11-18-20(21(22)29)25-31-24-18;/h2-5,7-9,12,19,23,26-28H,6,10-11H2,1H3,(H2,22,29);1H/t12-,19-;/m0./s1. The van der Waals surface area contributed by atoms with Gasteiger partial charge >= 0.3 is 0 Å². The van der Waals surface area contributed by atoms with E-state index in [9.17, 15) is 20.1 Å². The zero-order chi connectivity index (χ0) is 22.4. The molecule has 11 heteroatoms. The first-order valence-electron chi connectivity index (χ1n) is 9.59. The van der Waals surface area contributed by atoms with Crippen molar-refractivity contribution in [3.63, 3.8) is 0 Å². The number of rotatable bonds is 10. The summed E-state index contributed by atoms with van der Waals surface area (Å²) in [6.07, 6.45) is -0.162. The molecule has 2 atom stereocenters. The number of ether oxygens (including phenoxy) is 1. The van der Waals surface area contributed by atoms with Crippen LogP contribution in [0.2, 0.25) is 0 Å². The third-order valence-corrected chi connectivity index (χ3v) is 4.60. The van der Waals surface area contributed by atoms with Crippen molar-refractivity contribution in [2.45, 2.75) is 32.1 Å². The lowest BCUT2D eigenvalue weighted by Crippen LogP contribution is -2.32. The number of carbonyl (C=O) groups excluding carboxylic acids is 1.